The van der Waals surface area contributed by atoms with E-state index in [0.717, 1.165) is 16.7 Å². The van der Waals surface area contributed by atoms with Crippen molar-refractivity contribution in [2.45, 2.75) is 19.4 Å². The zero-order chi connectivity index (χ0) is 21.2. The predicted octanol–water partition coefficient (Wildman–Crippen LogP) is 4.01. The second-order valence-corrected chi connectivity index (χ2v) is 7.18. The molecule has 0 saturated heterocycles. The average molecular weight is 402 g/mol. The van der Waals surface area contributed by atoms with Crippen molar-refractivity contribution < 1.29 is 9.59 Å². The first-order chi connectivity index (χ1) is 14.6. The van der Waals surface area contributed by atoms with Gasteiger partial charge in [-0.3, -0.25) is 4.79 Å². The van der Waals surface area contributed by atoms with Gasteiger partial charge in [0.1, 0.15) is 0 Å². The van der Waals surface area contributed by atoms with Gasteiger partial charge in [-0.2, -0.15) is 0 Å². The van der Waals surface area contributed by atoms with Gasteiger partial charge >= 0.3 is 6.03 Å². The number of carbonyl (C=O) groups excluding carboxylic acids is 2. The maximum atomic E-state index is 12.4. The molecule has 0 saturated carbocycles. The molecule has 0 heterocycles. The van der Waals surface area contributed by atoms with Gasteiger partial charge in [-0.1, -0.05) is 78.4 Å². The number of hydrogen-bond donors (Lipinski definition) is 3. The van der Waals surface area contributed by atoms with E-state index in [4.69, 9.17) is 0 Å². The minimum Gasteiger partial charge on any atom is -0.350 e. The van der Waals surface area contributed by atoms with Gasteiger partial charge in [0.05, 0.1) is 6.04 Å². The minimum atomic E-state index is -0.260. The number of benzene rings is 3. The summed E-state index contributed by atoms with van der Waals surface area (Å²) < 4.78 is 0. The summed E-state index contributed by atoms with van der Waals surface area (Å²) in [5.41, 5.74) is 3.91. The van der Waals surface area contributed by atoms with E-state index in [2.05, 4.69) is 28.1 Å². The Kier molecular flexibility index (Phi) is 7.61. The van der Waals surface area contributed by atoms with Crippen molar-refractivity contribution in [3.05, 3.63) is 107 Å². The van der Waals surface area contributed by atoms with Crippen LogP contribution in [0.25, 0.3) is 0 Å². The van der Waals surface area contributed by atoms with E-state index in [1.54, 1.807) is 12.1 Å². The van der Waals surface area contributed by atoms with Gasteiger partial charge in [-0.05, 0) is 36.6 Å². The van der Waals surface area contributed by atoms with Gasteiger partial charge in [0.2, 0.25) is 0 Å². The molecule has 5 heteroatoms. The van der Waals surface area contributed by atoms with Gasteiger partial charge in [0.15, 0.2) is 0 Å². The minimum absolute atomic E-state index is 0.143. The Balaban J connectivity index is 1.49. The Hall–Kier alpha value is -3.60. The molecule has 154 valence electrons. The van der Waals surface area contributed by atoms with Crippen molar-refractivity contribution in [1.29, 1.82) is 0 Å². The topological polar surface area (TPSA) is 70.2 Å². The molecule has 5 nitrogen and oxygen atoms in total. The molecule has 3 aromatic rings. The standard InChI is InChI=1S/C25H27N3O2/c1-19-12-14-22(15-13-19)24(29)26-16-17-27-25(30)28-23(21-10-6-3-7-11-21)18-20-8-4-2-5-9-20/h2-15,23H,16-18H2,1H3,(H,26,29)(H2,27,28,30). The number of urea groups is 1. The van der Waals surface area contributed by atoms with Crippen LogP contribution in [0, 0.1) is 6.92 Å². The summed E-state index contributed by atoms with van der Waals surface area (Å²) >= 11 is 0. The van der Waals surface area contributed by atoms with Crippen molar-refractivity contribution in [3.63, 3.8) is 0 Å². The summed E-state index contributed by atoms with van der Waals surface area (Å²) in [7, 11) is 0. The molecule has 0 bridgehead atoms. The molecular weight excluding hydrogens is 374 g/mol. The summed E-state index contributed by atoms with van der Waals surface area (Å²) in [5.74, 6) is -0.150. The Morgan fingerprint density at radius 1 is 0.767 bits per heavy atom. The molecule has 0 spiro atoms. The Morgan fingerprint density at radius 3 is 2.03 bits per heavy atom. The maximum Gasteiger partial charge on any atom is 0.315 e. The van der Waals surface area contributed by atoms with Gasteiger partial charge < -0.3 is 16.0 Å². The van der Waals surface area contributed by atoms with E-state index in [1.807, 2.05) is 67.6 Å². The molecular formula is C25H27N3O2. The quantitative estimate of drug-likeness (QED) is 0.499. The number of rotatable bonds is 8. The van der Waals surface area contributed by atoms with E-state index in [0.29, 0.717) is 25.1 Å². The van der Waals surface area contributed by atoms with Crippen molar-refractivity contribution in [3.8, 4) is 0 Å². The number of nitrogens with one attached hydrogen (secondary N) is 3. The predicted molar refractivity (Wildman–Crippen MR) is 119 cm³/mol. The van der Waals surface area contributed by atoms with Crippen molar-refractivity contribution in [2.75, 3.05) is 13.1 Å². The van der Waals surface area contributed by atoms with E-state index in [-0.39, 0.29) is 18.0 Å². The average Bonchev–Trinajstić information content (AvgIpc) is 2.78. The molecule has 0 aliphatic carbocycles. The zero-order valence-corrected chi connectivity index (χ0v) is 17.1. The third-order valence-corrected chi connectivity index (χ3v) is 4.80. The fraction of sp³-hybridized carbons (Fsp3) is 0.200. The molecule has 0 fully saturated rings. The van der Waals surface area contributed by atoms with Crippen LogP contribution in [-0.2, 0) is 6.42 Å². The third-order valence-electron chi connectivity index (χ3n) is 4.80. The molecule has 1 atom stereocenters. The lowest BCUT2D eigenvalue weighted by Crippen LogP contribution is -2.42. The van der Waals surface area contributed by atoms with Crippen molar-refractivity contribution in [1.82, 2.24) is 16.0 Å². The first kappa shape index (κ1) is 21.1. The van der Waals surface area contributed by atoms with Crippen LogP contribution in [0.3, 0.4) is 0 Å². The monoisotopic (exact) mass is 401 g/mol. The molecule has 0 aliphatic heterocycles. The first-order valence-corrected chi connectivity index (χ1v) is 10.1. The normalized spacial score (nSPS) is 11.4. The molecule has 3 amide bonds. The van der Waals surface area contributed by atoms with E-state index < -0.39 is 0 Å². The van der Waals surface area contributed by atoms with Crippen molar-refractivity contribution in [2.24, 2.45) is 0 Å². The third kappa shape index (κ3) is 6.48. The van der Waals surface area contributed by atoms with Crippen LogP contribution in [0.15, 0.2) is 84.9 Å². The van der Waals surface area contributed by atoms with Crippen LogP contribution < -0.4 is 16.0 Å². The van der Waals surface area contributed by atoms with Crippen LogP contribution in [0.1, 0.15) is 33.1 Å². The number of carbonyl (C=O) groups is 2. The van der Waals surface area contributed by atoms with Crippen LogP contribution in [0.5, 0.6) is 0 Å². The molecule has 3 aromatic carbocycles. The van der Waals surface area contributed by atoms with Gasteiger partial charge in [-0.15, -0.1) is 0 Å². The van der Waals surface area contributed by atoms with Gasteiger partial charge in [0, 0.05) is 18.7 Å². The van der Waals surface area contributed by atoms with Crippen molar-refractivity contribution >= 4 is 11.9 Å². The highest BCUT2D eigenvalue weighted by Crippen LogP contribution is 2.18. The molecule has 1 unspecified atom stereocenters. The molecule has 3 N–H and O–H groups in total. The fourth-order valence-corrected chi connectivity index (χ4v) is 3.16. The lowest BCUT2D eigenvalue weighted by Gasteiger charge is -2.20. The highest BCUT2D eigenvalue weighted by molar-refractivity contribution is 5.94. The molecule has 3 rings (SSSR count). The van der Waals surface area contributed by atoms with E-state index in [1.165, 1.54) is 0 Å². The smallest absolute Gasteiger partial charge is 0.315 e. The summed E-state index contributed by atoms with van der Waals surface area (Å²) in [6.45, 7) is 2.68. The summed E-state index contributed by atoms with van der Waals surface area (Å²) in [6, 6.07) is 27.0. The number of amides is 3. The van der Waals surface area contributed by atoms with E-state index >= 15 is 0 Å². The molecule has 30 heavy (non-hydrogen) atoms. The Morgan fingerprint density at radius 2 is 1.37 bits per heavy atom. The van der Waals surface area contributed by atoms with Crippen LogP contribution in [0.4, 0.5) is 4.79 Å². The summed E-state index contributed by atoms with van der Waals surface area (Å²) in [5, 5.41) is 8.68. The highest BCUT2D eigenvalue weighted by atomic mass is 16.2. The zero-order valence-electron chi connectivity index (χ0n) is 17.1. The summed E-state index contributed by atoms with van der Waals surface area (Å²) in [4.78, 5) is 24.6. The van der Waals surface area contributed by atoms with Crippen LogP contribution in [-0.4, -0.2) is 25.0 Å². The molecule has 0 radical (unpaired) electrons. The lowest BCUT2D eigenvalue weighted by molar-refractivity contribution is 0.0954. The molecule has 0 aromatic heterocycles. The lowest BCUT2D eigenvalue weighted by atomic mass is 9.99. The first-order valence-electron chi connectivity index (χ1n) is 10.1. The maximum absolute atomic E-state index is 12.4. The second-order valence-electron chi connectivity index (χ2n) is 7.18. The summed E-state index contributed by atoms with van der Waals surface area (Å²) in [6.07, 6.45) is 0.697. The largest absolute Gasteiger partial charge is 0.350 e. The SMILES string of the molecule is Cc1ccc(C(=O)NCCNC(=O)NC(Cc2ccccc2)c2ccccc2)cc1. The Bertz CT molecular complexity index is 941. The van der Waals surface area contributed by atoms with Crippen LogP contribution >= 0.6 is 0 Å². The highest BCUT2D eigenvalue weighted by Gasteiger charge is 2.15. The van der Waals surface area contributed by atoms with Gasteiger partial charge in [0.25, 0.3) is 5.91 Å². The molecule has 0 aliphatic rings. The fourth-order valence-electron chi connectivity index (χ4n) is 3.16. The van der Waals surface area contributed by atoms with Gasteiger partial charge in [-0.25, -0.2) is 4.79 Å². The van der Waals surface area contributed by atoms with E-state index in [9.17, 15) is 9.59 Å². The number of hydrogen-bond acceptors (Lipinski definition) is 2. The second kappa shape index (κ2) is 10.8. The number of aryl methyl sites for hydroxylation is 1. The van der Waals surface area contributed by atoms with Crippen LogP contribution in [0.2, 0.25) is 0 Å². The Labute approximate surface area is 177 Å².